The molecule has 2 unspecified atom stereocenters. The van der Waals surface area contributed by atoms with Crippen LogP contribution in [0.1, 0.15) is 46.5 Å². The van der Waals surface area contributed by atoms with Crippen LogP contribution < -0.4 is 5.73 Å². The zero-order chi connectivity index (χ0) is 13.3. The third-order valence-electron chi connectivity index (χ3n) is 2.86. The van der Waals surface area contributed by atoms with Crippen LogP contribution in [0.2, 0.25) is 0 Å². The Morgan fingerprint density at radius 1 is 1.18 bits per heavy atom. The Balaban J connectivity index is 4.01. The highest BCUT2D eigenvalue weighted by molar-refractivity contribution is 7.91. The van der Waals surface area contributed by atoms with E-state index in [4.69, 9.17) is 10.5 Å². The average Bonchev–Trinajstić information content (AvgIpc) is 2.28. The van der Waals surface area contributed by atoms with Crippen LogP contribution in [0, 0.1) is 0 Å². The quantitative estimate of drug-likeness (QED) is 0.653. The molecule has 17 heavy (non-hydrogen) atoms. The smallest absolute Gasteiger partial charge is 0.150 e. The highest BCUT2D eigenvalue weighted by Crippen LogP contribution is 2.11. The first-order valence-corrected chi connectivity index (χ1v) is 8.36. The molecule has 0 fully saturated rings. The number of sulfone groups is 1. The lowest BCUT2D eigenvalue weighted by Gasteiger charge is -2.23. The summed E-state index contributed by atoms with van der Waals surface area (Å²) >= 11 is 0. The minimum Gasteiger partial charge on any atom is -0.377 e. The predicted molar refractivity (Wildman–Crippen MR) is 71.9 cm³/mol. The molecule has 0 saturated heterocycles. The van der Waals surface area contributed by atoms with Gasteiger partial charge in [0.05, 0.1) is 11.9 Å². The molecule has 2 atom stereocenters. The lowest BCUT2D eigenvalue weighted by atomic mass is 10.0. The largest absolute Gasteiger partial charge is 0.377 e. The van der Waals surface area contributed by atoms with Crippen LogP contribution in [0.3, 0.4) is 0 Å². The van der Waals surface area contributed by atoms with Crippen molar-refractivity contribution < 1.29 is 13.2 Å². The average molecular weight is 265 g/mol. The molecule has 0 rings (SSSR count). The third-order valence-corrected chi connectivity index (χ3v) is 4.65. The van der Waals surface area contributed by atoms with Crippen LogP contribution in [0.15, 0.2) is 0 Å². The molecule has 4 nitrogen and oxygen atoms in total. The first-order chi connectivity index (χ1) is 7.96. The molecule has 0 aliphatic heterocycles. The van der Waals surface area contributed by atoms with Crippen molar-refractivity contribution in [1.29, 1.82) is 0 Å². The van der Waals surface area contributed by atoms with Crippen molar-refractivity contribution in [1.82, 2.24) is 0 Å². The molecule has 0 radical (unpaired) electrons. The van der Waals surface area contributed by atoms with Gasteiger partial charge in [0.2, 0.25) is 0 Å². The van der Waals surface area contributed by atoms with E-state index in [0.717, 1.165) is 12.8 Å². The Bertz CT molecular complexity index is 271. The first kappa shape index (κ1) is 16.9. The van der Waals surface area contributed by atoms with Gasteiger partial charge in [0, 0.05) is 18.4 Å². The Morgan fingerprint density at radius 3 is 2.29 bits per heavy atom. The topological polar surface area (TPSA) is 69.4 Å². The molecule has 0 amide bonds. The third kappa shape index (κ3) is 7.73. The summed E-state index contributed by atoms with van der Waals surface area (Å²) in [5.41, 5.74) is 6.04. The molecule has 5 heteroatoms. The van der Waals surface area contributed by atoms with E-state index in [0.29, 0.717) is 19.4 Å². The second-order valence-electron chi connectivity index (χ2n) is 4.32. The Kier molecular flexibility index (Phi) is 8.82. The van der Waals surface area contributed by atoms with Crippen molar-refractivity contribution in [2.45, 2.75) is 58.6 Å². The molecule has 0 spiro atoms. The SMILES string of the molecule is CCCC(OCC)C(N)CCCS(=O)(=O)CC. The number of hydrogen-bond donors (Lipinski definition) is 1. The van der Waals surface area contributed by atoms with Gasteiger partial charge in [-0.3, -0.25) is 0 Å². The van der Waals surface area contributed by atoms with E-state index in [1.807, 2.05) is 6.92 Å². The Morgan fingerprint density at radius 2 is 1.82 bits per heavy atom. The van der Waals surface area contributed by atoms with Gasteiger partial charge in [-0.25, -0.2) is 8.42 Å². The second kappa shape index (κ2) is 8.89. The minimum atomic E-state index is -2.86. The van der Waals surface area contributed by atoms with Crippen molar-refractivity contribution in [3.05, 3.63) is 0 Å². The Labute approximate surface area is 106 Å². The Hall–Kier alpha value is -0.130. The van der Waals surface area contributed by atoms with E-state index in [2.05, 4.69) is 6.92 Å². The van der Waals surface area contributed by atoms with Gasteiger partial charge in [-0.15, -0.1) is 0 Å². The fraction of sp³-hybridized carbons (Fsp3) is 1.00. The highest BCUT2D eigenvalue weighted by atomic mass is 32.2. The number of hydrogen-bond acceptors (Lipinski definition) is 4. The zero-order valence-corrected chi connectivity index (χ0v) is 12.1. The summed E-state index contributed by atoms with van der Waals surface area (Å²) in [7, 11) is -2.86. The maximum absolute atomic E-state index is 11.3. The van der Waals surface area contributed by atoms with Crippen LogP contribution in [0.5, 0.6) is 0 Å². The van der Waals surface area contributed by atoms with Crippen LogP contribution in [0.4, 0.5) is 0 Å². The monoisotopic (exact) mass is 265 g/mol. The van der Waals surface area contributed by atoms with Crippen LogP contribution in [-0.4, -0.2) is 38.7 Å². The summed E-state index contributed by atoms with van der Waals surface area (Å²) in [5.74, 6) is 0.453. The van der Waals surface area contributed by atoms with Crippen LogP contribution >= 0.6 is 0 Å². The maximum atomic E-state index is 11.3. The zero-order valence-electron chi connectivity index (χ0n) is 11.3. The fourth-order valence-electron chi connectivity index (χ4n) is 1.79. The number of ether oxygens (including phenoxy) is 1. The van der Waals surface area contributed by atoms with Gasteiger partial charge < -0.3 is 10.5 Å². The summed E-state index contributed by atoms with van der Waals surface area (Å²) < 4.78 is 28.2. The lowest BCUT2D eigenvalue weighted by molar-refractivity contribution is 0.0357. The van der Waals surface area contributed by atoms with Gasteiger partial charge in [0.25, 0.3) is 0 Å². The van der Waals surface area contributed by atoms with E-state index < -0.39 is 9.84 Å². The van der Waals surface area contributed by atoms with Crippen molar-refractivity contribution in [3.8, 4) is 0 Å². The normalized spacial score (nSPS) is 15.8. The van der Waals surface area contributed by atoms with E-state index in [1.54, 1.807) is 6.92 Å². The highest BCUT2D eigenvalue weighted by Gasteiger charge is 2.18. The van der Waals surface area contributed by atoms with Gasteiger partial charge in [0.15, 0.2) is 0 Å². The minimum absolute atomic E-state index is 0.0537. The summed E-state index contributed by atoms with van der Waals surface area (Å²) in [5, 5.41) is 0. The van der Waals surface area contributed by atoms with Gasteiger partial charge in [0.1, 0.15) is 9.84 Å². The van der Waals surface area contributed by atoms with E-state index in [9.17, 15) is 8.42 Å². The molecule has 0 aliphatic carbocycles. The number of rotatable bonds is 10. The lowest BCUT2D eigenvalue weighted by Crippen LogP contribution is -2.37. The fourth-order valence-corrected chi connectivity index (χ4v) is 2.68. The number of nitrogens with two attached hydrogens (primary N) is 1. The molecule has 104 valence electrons. The van der Waals surface area contributed by atoms with Crippen LogP contribution in [-0.2, 0) is 14.6 Å². The standard InChI is InChI=1S/C12H27NO3S/c1-4-8-12(16-5-2)11(13)9-7-10-17(14,15)6-3/h11-12H,4-10,13H2,1-3H3. The molecule has 2 N–H and O–H groups in total. The summed E-state index contributed by atoms with van der Waals surface area (Å²) in [6.45, 7) is 6.39. The van der Waals surface area contributed by atoms with E-state index in [-0.39, 0.29) is 23.7 Å². The maximum Gasteiger partial charge on any atom is 0.150 e. The molecule has 0 aliphatic rings. The summed E-state index contributed by atoms with van der Waals surface area (Å²) in [6.07, 6.45) is 3.38. The molecule has 0 heterocycles. The molecular weight excluding hydrogens is 238 g/mol. The molecule has 0 aromatic heterocycles. The van der Waals surface area contributed by atoms with Crippen LogP contribution in [0.25, 0.3) is 0 Å². The van der Waals surface area contributed by atoms with Crippen molar-refractivity contribution in [2.24, 2.45) is 5.73 Å². The van der Waals surface area contributed by atoms with E-state index in [1.165, 1.54) is 0 Å². The van der Waals surface area contributed by atoms with Gasteiger partial charge in [-0.05, 0) is 26.2 Å². The van der Waals surface area contributed by atoms with Gasteiger partial charge >= 0.3 is 0 Å². The summed E-state index contributed by atoms with van der Waals surface area (Å²) in [4.78, 5) is 0. The van der Waals surface area contributed by atoms with Crippen molar-refractivity contribution >= 4 is 9.84 Å². The van der Waals surface area contributed by atoms with Crippen molar-refractivity contribution in [3.63, 3.8) is 0 Å². The molecular formula is C12H27NO3S. The van der Waals surface area contributed by atoms with E-state index >= 15 is 0 Å². The van der Waals surface area contributed by atoms with Gasteiger partial charge in [-0.1, -0.05) is 20.3 Å². The molecule has 0 aromatic rings. The summed E-state index contributed by atoms with van der Waals surface area (Å²) in [6, 6.07) is -0.0537. The second-order valence-corrected chi connectivity index (χ2v) is 6.80. The molecule has 0 bridgehead atoms. The predicted octanol–water partition coefficient (Wildman–Crippen LogP) is 1.73. The van der Waals surface area contributed by atoms with Crippen molar-refractivity contribution in [2.75, 3.05) is 18.1 Å². The van der Waals surface area contributed by atoms with Gasteiger partial charge in [-0.2, -0.15) is 0 Å². The molecule has 0 saturated carbocycles. The first-order valence-electron chi connectivity index (χ1n) is 6.54. The molecule has 0 aromatic carbocycles.